The van der Waals surface area contributed by atoms with Crippen LogP contribution in [0.15, 0.2) is 12.1 Å². The molecule has 0 saturated carbocycles. The molecule has 1 rings (SSSR count). The normalized spacial score (nSPS) is 11.3. The summed E-state index contributed by atoms with van der Waals surface area (Å²) >= 11 is 0. The van der Waals surface area contributed by atoms with Gasteiger partial charge in [0.05, 0.1) is 25.2 Å². The van der Waals surface area contributed by atoms with Crippen LogP contribution in [-0.2, 0) is 9.53 Å². The first-order chi connectivity index (χ1) is 11.3. The van der Waals surface area contributed by atoms with Gasteiger partial charge in [0.2, 0.25) is 0 Å². The van der Waals surface area contributed by atoms with Crippen LogP contribution in [0.1, 0.15) is 18.4 Å². The molecule has 0 saturated heterocycles. The highest BCUT2D eigenvalue weighted by molar-refractivity contribution is 5.76. The number of hydrogen-bond donors (Lipinski definition) is 2. The second kappa shape index (κ2) is 8.56. The van der Waals surface area contributed by atoms with Crippen molar-refractivity contribution in [3.63, 3.8) is 0 Å². The zero-order valence-electron chi connectivity index (χ0n) is 13.4. The van der Waals surface area contributed by atoms with Gasteiger partial charge >= 0.3 is 12.1 Å². The molecule has 24 heavy (non-hydrogen) atoms. The molecule has 0 bridgehead atoms. The van der Waals surface area contributed by atoms with Crippen LogP contribution in [0.25, 0.3) is 0 Å². The van der Waals surface area contributed by atoms with E-state index >= 15 is 0 Å². The summed E-state index contributed by atoms with van der Waals surface area (Å²) in [6, 6.07) is 2.68. The van der Waals surface area contributed by atoms with Crippen LogP contribution in [-0.4, -0.2) is 49.5 Å². The van der Waals surface area contributed by atoms with E-state index in [2.05, 4.69) is 0 Å². The molecule has 0 radical (unpaired) electrons. The summed E-state index contributed by atoms with van der Waals surface area (Å²) in [7, 11) is 2.76. The molecule has 10 heteroatoms. The lowest BCUT2D eigenvalue weighted by atomic mass is 9.99. The Morgan fingerprint density at radius 2 is 1.88 bits per heavy atom. The van der Waals surface area contributed by atoms with Crippen LogP contribution >= 0.6 is 0 Å². The molecule has 1 aromatic carbocycles. The molecule has 0 spiro atoms. The number of rotatable bonds is 8. The minimum absolute atomic E-state index is 0.179. The van der Waals surface area contributed by atoms with Gasteiger partial charge in [0, 0.05) is 11.5 Å². The fraction of sp³-hybridized carbons (Fsp3) is 0.429. The Bertz CT molecular complexity index is 631. The summed E-state index contributed by atoms with van der Waals surface area (Å²) in [6.45, 7) is 0.865. The van der Waals surface area contributed by atoms with Crippen LogP contribution < -0.4 is 14.8 Å². The number of benzene rings is 1. The average Bonchev–Trinajstić information content (AvgIpc) is 2.56. The highest BCUT2D eigenvalue weighted by atomic mass is 16.6. The van der Waals surface area contributed by atoms with E-state index in [0.717, 1.165) is 0 Å². The zero-order valence-corrected chi connectivity index (χ0v) is 13.4. The number of carbonyl (C=O) groups excluding carboxylic acids is 1. The minimum atomic E-state index is -1.21. The van der Waals surface area contributed by atoms with Crippen LogP contribution in [0.3, 0.4) is 0 Å². The summed E-state index contributed by atoms with van der Waals surface area (Å²) < 4.78 is 15.0. The Morgan fingerprint density at radius 3 is 2.38 bits per heavy atom. The van der Waals surface area contributed by atoms with Gasteiger partial charge in [-0.1, -0.05) is 6.92 Å². The number of nitrogens with one attached hydrogen (secondary N) is 1. The standard InChI is InChI=1S/C14H18N2O8/c1-8(7-24-14(19)15-6-13(17)18)9-4-11(22-2)12(23-3)5-10(9)16(20)21/h4-5,8H,6-7H2,1-3H3,(H,15,19)(H,17,18). The lowest BCUT2D eigenvalue weighted by molar-refractivity contribution is -0.385. The lowest BCUT2D eigenvalue weighted by Gasteiger charge is -2.15. The number of amides is 1. The Kier molecular flexibility index (Phi) is 6.78. The molecule has 0 heterocycles. The van der Waals surface area contributed by atoms with Crippen molar-refractivity contribution in [2.24, 2.45) is 0 Å². The molecule has 10 nitrogen and oxygen atoms in total. The maximum Gasteiger partial charge on any atom is 0.407 e. The number of methoxy groups -OCH3 is 2. The molecule has 2 N–H and O–H groups in total. The van der Waals surface area contributed by atoms with E-state index in [1.54, 1.807) is 6.92 Å². The van der Waals surface area contributed by atoms with Crippen LogP contribution in [0.2, 0.25) is 0 Å². The Balaban J connectivity index is 2.92. The fourth-order valence-corrected chi connectivity index (χ4v) is 1.93. The first-order valence-electron chi connectivity index (χ1n) is 6.82. The predicted molar refractivity (Wildman–Crippen MR) is 81.6 cm³/mol. The van der Waals surface area contributed by atoms with Crippen LogP contribution in [0.5, 0.6) is 11.5 Å². The second-order valence-corrected chi connectivity index (χ2v) is 4.77. The van der Waals surface area contributed by atoms with E-state index in [-0.39, 0.29) is 18.0 Å². The molecule has 0 aliphatic heterocycles. The van der Waals surface area contributed by atoms with Crippen molar-refractivity contribution >= 4 is 17.7 Å². The van der Waals surface area contributed by atoms with Crippen LogP contribution in [0, 0.1) is 10.1 Å². The van der Waals surface area contributed by atoms with Gasteiger partial charge in [-0.25, -0.2) is 4.79 Å². The van der Waals surface area contributed by atoms with Crippen molar-refractivity contribution in [2.75, 3.05) is 27.4 Å². The van der Waals surface area contributed by atoms with E-state index in [4.69, 9.17) is 19.3 Å². The number of nitro groups is 1. The summed E-state index contributed by atoms with van der Waals surface area (Å²) in [6.07, 6.45) is -0.924. The topological polar surface area (TPSA) is 137 Å². The van der Waals surface area contributed by atoms with Gasteiger partial charge in [0.25, 0.3) is 5.69 Å². The summed E-state index contributed by atoms with van der Waals surface area (Å²) in [5, 5.41) is 21.7. The molecule has 0 fully saturated rings. The third-order valence-corrected chi connectivity index (χ3v) is 3.11. The highest BCUT2D eigenvalue weighted by Crippen LogP contribution is 2.37. The predicted octanol–water partition coefficient (Wildman–Crippen LogP) is 1.53. The van der Waals surface area contributed by atoms with Crippen molar-refractivity contribution in [2.45, 2.75) is 12.8 Å². The van der Waals surface area contributed by atoms with Crippen LogP contribution in [0.4, 0.5) is 10.5 Å². The fourth-order valence-electron chi connectivity index (χ4n) is 1.93. The minimum Gasteiger partial charge on any atom is -0.493 e. The smallest absolute Gasteiger partial charge is 0.407 e. The average molecular weight is 342 g/mol. The molecular weight excluding hydrogens is 324 g/mol. The molecular formula is C14H18N2O8. The van der Waals surface area contributed by atoms with E-state index in [1.807, 2.05) is 5.32 Å². The Hall–Kier alpha value is -3.04. The number of hydrogen-bond acceptors (Lipinski definition) is 7. The van der Waals surface area contributed by atoms with E-state index < -0.39 is 29.4 Å². The van der Waals surface area contributed by atoms with Crippen molar-refractivity contribution in [3.05, 3.63) is 27.8 Å². The SMILES string of the molecule is COc1cc(C(C)COC(=O)NCC(=O)O)c([N+](=O)[O-])cc1OC. The third kappa shape index (κ3) is 5.00. The number of alkyl carbamates (subject to hydrolysis) is 1. The maximum atomic E-state index is 11.4. The number of ether oxygens (including phenoxy) is 3. The molecule has 1 aromatic rings. The second-order valence-electron chi connectivity index (χ2n) is 4.77. The Morgan fingerprint density at radius 1 is 1.29 bits per heavy atom. The molecule has 1 atom stereocenters. The first kappa shape index (κ1) is 19.0. The molecule has 1 unspecified atom stereocenters. The Labute approximate surface area is 137 Å². The summed E-state index contributed by atoms with van der Waals surface area (Å²) in [4.78, 5) is 32.4. The first-order valence-corrected chi connectivity index (χ1v) is 6.82. The molecule has 132 valence electrons. The number of nitro benzene ring substituents is 1. The third-order valence-electron chi connectivity index (χ3n) is 3.11. The van der Waals surface area contributed by atoms with Gasteiger partial charge in [-0.3, -0.25) is 14.9 Å². The molecule has 1 amide bonds. The van der Waals surface area contributed by atoms with E-state index in [9.17, 15) is 19.7 Å². The quantitative estimate of drug-likeness (QED) is 0.536. The lowest BCUT2D eigenvalue weighted by Crippen LogP contribution is -2.30. The van der Waals surface area contributed by atoms with Gasteiger partial charge < -0.3 is 24.6 Å². The van der Waals surface area contributed by atoms with Crippen molar-refractivity contribution in [1.82, 2.24) is 5.32 Å². The van der Waals surface area contributed by atoms with E-state index in [1.165, 1.54) is 26.4 Å². The van der Waals surface area contributed by atoms with Gasteiger partial charge in [-0.05, 0) is 6.07 Å². The zero-order chi connectivity index (χ0) is 18.3. The molecule has 0 aromatic heterocycles. The highest BCUT2D eigenvalue weighted by Gasteiger charge is 2.24. The van der Waals surface area contributed by atoms with Gasteiger partial charge in [0.1, 0.15) is 13.2 Å². The number of aliphatic carboxylic acids is 1. The molecule has 0 aliphatic carbocycles. The van der Waals surface area contributed by atoms with Crippen molar-refractivity contribution in [1.29, 1.82) is 0 Å². The number of carboxylic acid groups (broad SMARTS) is 1. The maximum absolute atomic E-state index is 11.4. The van der Waals surface area contributed by atoms with Gasteiger partial charge in [0.15, 0.2) is 11.5 Å². The van der Waals surface area contributed by atoms with Gasteiger partial charge in [-0.15, -0.1) is 0 Å². The number of nitrogens with zero attached hydrogens (tertiary/aromatic N) is 1. The monoisotopic (exact) mass is 342 g/mol. The summed E-state index contributed by atoms with van der Waals surface area (Å²) in [5.41, 5.74) is 0.0957. The molecule has 0 aliphatic rings. The number of carbonyl (C=O) groups is 2. The van der Waals surface area contributed by atoms with Crippen molar-refractivity contribution < 1.29 is 33.8 Å². The summed E-state index contributed by atoms with van der Waals surface area (Å²) in [5.74, 6) is -1.23. The van der Waals surface area contributed by atoms with Gasteiger partial charge in [-0.2, -0.15) is 0 Å². The number of carboxylic acids is 1. The van der Waals surface area contributed by atoms with Crippen molar-refractivity contribution in [3.8, 4) is 11.5 Å². The largest absolute Gasteiger partial charge is 0.493 e. The van der Waals surface area contributed by atoms with E-state index in [0.29, 0.717) is 11.3 Å².